The molecule has 0 spiro atoms. The first-order valence-electron chi connectivity index (χ1n) is 8.47. The molecule has 1 aliphatic rings. The summed E-state index contributed by atoms with van der Waals surface area (Å²) in [5.41, 5.74) is 4.14. The van der Waals surface area contributed by atoms with Gasteiger partial charge in [-0.3, -0.25) is 10.1 Å². The molecule has 0 saturated carbocycles. The molecule has 0 amide bonds. The summed E-state index contributed by atoms with van der Waals surface area (Å²) in [5.74, 6) is 0.841. The number of nitro groups is 1. The van der Waals surface area contributed by atoms with E-state index in [2.05, 4.69) is 12.1 Å². The number of hydrogen-bond acceptors (Lipinski definition) is 3. The van der Waals surface area contributed by atoms with E-state index in [1.165, 1.54) is 6.07 Å². The van der Waals surface area contributed by atoms with Crippen LogP contribution in [-0.2, 0) is 4.74 Å². The van der Waals surface area contributed by atoms with Crippen molar-refractivity contribution in [2.24, 2.45) is 0 Å². The molecule has 4 heteroatoms. The van der Waals surface area contributed by atoms with Crippen LogP contribution in [0.15, 0.2) is 84.9 Å². The first-order chi connectivity index (χ1) is 12.7. The van der Waals surface area contributed by atoms with Crippen molar-refractivity contribution in [2.45, 2.75) is 12.5 Å². The van der Waals surface area contributed by atoms with E-state index in [1.807, 2.05) is 54.6 Å². The van der Waals surface area contributed by atoms with Crippen LogP contribution in [0.2, 0.25) is 0 Å². The van der Waals surface area contributed by atoms with Crippen LogP contribution < -0.4 is 0 Å². The maximum absolute atomic E-state index is 11.1. The molecule has 0 fully saturated rings. The molecule has 4 nitrogen and oxygen atoms in total. The van der Waals surface area contributed by atoms with E-state index in [4.69, 9.17) is 4.74 Å². The highest BCUT2D eigenvalue weighted by Crippen LogP contribution is 2.45. The SMILES string of the molecule is O=[N+]([O-])c1cccc(C2CC(c3ccccc3)=C(c3ccccc3)O2)c1. The third-order valence-corrected chi connectivity index (χ3v) is 4.53. The van der Waals surface area contributed by atoms with Crippen LogP contribution in [0.25, 0.3) is 11.3 Å². The highest BCUT2D eigenvalue weighted by atomic mass is 16.6. The molecular weight excluding hydrogens is 326 g/mol. The number of rotatable bonds is 4. The van der Waals surface area contributed by atoms with E-state index in [9.17, 15) is 10.1 Å². The molecule has 4 rings (SSSR count). The third kappa shape index (κ3) is 3.09. The van der Waals surface area contributed by atoms with Crippen molar-refractivity contribution in [3.8, 4) is 0 Å². The van der Waals surface area contributed by atoms with Crippen molar-refractivity contribution in [3.05, 3.63) is 112 Å². The van der Waals surface area contributed by atoms with Gasteiger partial charge in [-0.2, -0.15) is 0 Å². The lowest BCUT2D eigenvalue weighted by molar-refractivity contribution is -0.385. The van der Waals surface area contributed by atoms with E-state index in [1.54, 1.807) is 12.1 Å². The van der Waals surface area contributed by atoms with Gasteiger partial charge in [0.05, 0.1) is 4.92 Å². The van der Waals surface area contributed by atoms with Gasteiger partial charge in [0.1, 0.15) is 11.9 Å². The normalized spacial score (nSPS) is 16.4. The standard InChI is InChI=1S/C22H17NO3/c24-23(25)19-13-7-12-18(14-19)21-15-20(16-8-3-1-4-9-16)22(26-21)17-10-5-2-6-11-17/h1-14,21H,15H2. The lowest BCUT2D eigenvalue weighted by atomic mass is 9.96. The fraction of sp³-hybridized carbons (Fsp3) is 0.0909. The van der Waals surface area contributed by atoms with E-state index >= 15 is 0 Å². The number of hydrogen-bond donors (Lipinski definition) is 0. The van der Waals surface area contributed by atoms with E-state index in [-0.39, 0.29) is 16.7 Å². The molecule has 3 aromatic rings. The highest BCUT2D eigenvalue weighted by molar-refractivity contribution is 5.89. The molecule has 0 N–H and O–H groups in total. The van der Waals surface area contributed by atoms with Crippen molar-refractivity contribution in [1.82, 2.24) is 0 Å². The number of non-ortho nitro benzene ring substituents is 1. The summed E-state index contributed by atoms with van der Waals surface area (Å²) in [6.45, 7) is 0. The molecule has 26 heavy (non-hydrogen) atoms. The second-order valence-corrected chi connectivity index (χ2v) is 6.20. The minimum atomic E-state index is -0.373. The molecule has 1 aliphatic heterocycles. The van der Waals surface area contributed by atoms with Crippen molar-refractivity contribution < 1.29 is 9.66 Å². The fourth-order valence-corrected chi connectivity index (χ4v) is 3.28. The van der Waals surface area contributed by atoms with Crippen molar-refractivity contribution in [2.75, 3.05) is 0 Å². The number of nitro benzene ring substituents is 1. The summed E-state index contributed by atoms with van der Waals surface area (Å²) in [6.07, 6.45) is 0.440. The zero-order chi connectivity index (χ0) is 17.9. The first-order valence-corrected chi connectivity index (χ1v) is 8.47. The Morgan fingerprint density at radius 2 is 1.50 bits per heavy atom. The van der Waals surface area contributed by atoms with E-state index in [0.717, 1.165) is 28.0 Å². The predicted molar refractivity (Wildman–Crippen MR) is 101 cm³/mol. The van der Waals surface area contributed by atoms with Gasteiger partial charge in [-0.25, -0.2) is 0 Å². The van der Waals surface area contributed by atoms with Gasteiger partial charge in [-0.15, -0.1) is 0 Å². The summed E-state index contributed by atoms with van der Waals surface area (Å²) >= 11 is 0. The van der Waals surface area contributed by atoms with Crippen molar-refractivity contribution >= 4 is 17.0 Å². The predicted octanol–water partition coefficient (Wildman–Crippen LogP) is 5.62. The monoisotopic (exact) mass is 343 g/mol. The number of benzene rings is 3. The summed E-state index contributed by atoms with van der Waals surface area (Å²) in [4.78, 5) is 10.7. The van der Waals surface area contributed by atoms with Gasteiger partial charge in [0.2, 0.25) is 0 Å². The quantitative estimate of drug-likeness (QED) is 0.456. The summed E-state index contributed by atoms with van der Waals surface area (Å²) in [7, 11) is 0. The zero-order valence-electron chi connectivity index (χ0n) is 14.0. The molecular formula is C22H17NO3. The minimum Gasteiger partial charge on any atom is -0.484 e. The molecule has 0 saturated heterocycles. The Labute approximate surface area is 151 Å². The maximum atomic E-state index is 11.1. The average Bonchev–Trinajstić information content (AvgIpc) is 3.15. The van der Waals surface area contributed by atoms with Crippen LogP contribution >= 0.6 is 0 Å². The molecule has 1 heterocycles. The van der Waals surface area contributed by atoms with Crippen LogP contribution in [0.3, 0.4) is 0 Å². The Morgan fingerprint density at radius 3 is 2.15 bits per heavy atom. The maximum Gasteiger partial charge on any atom is 0.269 e. The average molecular weight is 343 g/mol. The van der Waals surface area contributed by atoms with Crippen molar-refractivity contribution in [3.63, 3.8) is 0 Å². The van der Waals surface area contributed by atoms with Crippen LogP contribution in [0.4, 0.5) is 5.69 Å². The molecule has 0 radical (unpaired) electrons. The van der Waals surface area contributed by atoms with Gasteiger partial charge in [-0.05, 0) is 11.1 Å². The zero-order valence-corrected chi connectivity index (χ0v) is 14.0. The molecule has 1 atom stereocenters. The van der Waals surface area contributed by atoms with Gasteiger partial charge >= 0.3 is 0 Å². The fourth-order valence-electron chi connectivity index (χ4n) is 3.28. The lowest BCUT2D eigenvalue weighted by Gasteiger charge is -2.13. The summed E-state index contributed by atoms with van der Waals surface area (Å²) in [5, 5.41) is 11.1. The topological polar surface area (TPSA) is 52.4 Å². The van der Waals surface area contributed by atoms with Crippen molar-refractivity contribution in [1.29, 1.82) is 0 Å². The number of ether oxygens (including phenoxy) is 1. The van der Waals surface area contributed by atoms with Gasteiger partial charge < -0.3 is 4.74 Å². The van der Waals surface area contributed by atoms with E-state index < -0.39 is 0 Å². The van der Waals surface area contributed by atoms with Gasteiger partial charge in [-0.1, -0.05) is 72.8 Å². The molecule has 1 unspecified atom stereocenters. The molecule has 128 valence electrons. The Hall–Kier alpha value is -3.40. The largest absolute Gasteiger partial charge is 0.484 e. The summed E-state index contributed by atoms with van der Waals surface area (Å²) < 4.78 is 6.29. The molecule has 3 aromatic carbocycles. The minimum absolute atomic E-state index is 0.0838. The molecule has 0 bridgehead atoms. The Morgan fingerprint density at radius 1 is 0.846 bits per heavy atom. The second-order valence-electron chi connectivity index (χ2n) is 6.20. The smallest absolute Gasteiger partial charge is 0.269 e. The van der Waals surface area contributed by atoms with Gasteiger partial charge in [0.15, 0.2) is 0 Å². The molecule has 0 aliphatic carbocycles. The Kier molecular flexibility index (Phi) is 4.23. The first kappa shape index (κ1) is 16.1. The van der Waals surface area contributed by atoms with Crippen LogP contribution in [-0.4, -0.2) is 4.92 Å². The number of nitrogens with zero attached hydrogens (tertiary/aromatic N) is 1. The lowest BCUT2D eigenvalue weighted by Crippen LogP contribution is -1.98. The van der Waals surface area contributed by atoms with Gasteiger partial charge in [0, 0.05) is 29.7 Å². The third-order valence-electron chi connectivity index (χ3n) is 4.53. The van der Waals surface area contributed by atoms with Crippen LogP contribution in [0.1, 0.15) is 29.2 Å². The van der Waals surface area contributed by atoms with Crippen LogP contribution in [0.5, 0.6) is 0 Å². The van der Waals surface area contributed by atoms with Gasteiger partial charge in [0.25, 0.3) is 5.69 Å². The highest BCUT2D eigenvalue weighted by Gasteiger charge is 2.29. The van der Waals surface area contributed by atoms with E-state index in [0.29, 0.717) is 6.42 Å². The second kappa shape index (κ2) is 6.84. The van der Waals surface area contributed by atoms with Crippen LogP contribution in [0, 0.1) is 10.1 Å². The Balaban J connectivity index is 1.74. The summed E-state index contributed by atoms with van der Waals surface area (Å²) in [6, 6.07) is 26.8. The molecule has 0 aromatic heterocycles. The Bertz CT molecular complexity index is 913.